The van der Waals surface area contributed by atoms with Crippen LogP contribution in [0.5, 0.6) is 0 Å². The van der Waals surface area contributed by atoms with Crippen molar-refractivity contribution in [1.82, 2.24) is 9.62 Å². The van der Waals surface area contributed by atoms with E-state index in [1.54, 1.807) is 0 Å². The van der Waals surface area contributed by atoms with E-state index in [9.17, 15) is 13.2 Å². The molecule has 114 valence electrons. The summed E-state index contributed by atoms with van der Waals surface area (Å²) in [5.74, 6) is 0.0856. The number of hydrogen-bond acceptors (Lipinski definition) is 4. The third-order valence-electron chi connectivity index (χ3n) is 2.81. The molecule has 1 atom stereocenters. The lowest BCUT2D eigenvalue weighted by Gasteiger charge is -2.21. The maximum absolute atomic E-state index is 11.6. The Balaban J connectivity index is 4.03. The first kappa shape index (κ1) is 18.3. The maximum atomic E-state index is 11.6. The number of ether oxygens (including phenoxy) is 1. The van der Waals surface area contributed by atoms with E-state index in [2.05, 4.69) is 19.2 Å². The molecule has 0 aromatic heterocycles. The van der Waals surface area contributed by atoms with Crippen molar-refractivity contribution in [2.24, 2.45) is 5.92 Å². The monoisotopic (exact) mass is 294 g/mol. The fourth-order valence-electron chi connectivity index (χ4n) is 1.55. The minimum absolute atomic E-state index is 0.109. The molecule has 0 aliphatic rings. The van der Waals surface area contributed by atoms with Gasteiger partial charge in [0.05, 0.1) is 18.9 Å². The molecule has 1 amide bonds. The van der Waals surface area contributed by atoms with Crippen molar-refractivity contribution in [1.29, 1.82) is 0 Å². The van der Waals surface area contributed by atoms with Gasteiger partial charge in [-0.1, -0.05) is 13.8 Å². The highest BCUT2D eigenvalue weighted by Gasteiger charge is 2.16. The molecule has 0 spiro atoms. The van der Waals surface area contributed by atoms with E-state index in [4.69, 9.17) is 4.74 Å². The fraction of sp³-hybridized carbons (Fsp3) is 0.917. The number of rotatable bonds is 9. The average Bonchev–Trinajstić information content (AvgIpc) is 2.26. The molecule has 0 bridgehead atoms. The molecule has 0 aromatic rings. The lowest BCUT2D eigenvalue weighted by Crippen LogP contribution is -2.39. The summed E-state index contributed by atoms with van der Waals surface area (Å²) in [6.45, 7) is 7.06. The van der Waals surface area contributed by atoms with Gasteiger partial charge in [-0.2, -0.15) is 4.31 Å². The first-order valence-corrected chi connectivity index (χ1v) is 8.32. The summed E-state index contributed by atoms with van der Waals surface area (Å²) >= 11 is 0. The molecule has 1 N–H and O–H groups in total. The fourth-order valence-corrected chi connectivity index (χ4v) is 1.90. The summed E-state index contributed by atoms with van der Waals surface area (Å²) in [6, 6.07) is 0. The van der Waals surface area contributed by atoms with Crippen molar-refractivity contribution in [3.05, 3.63) is 0 Å². The van der Waals surface area contributed by atoms with E-state index in [0.29, 0.717) is 19.1 Å². The Morgan fingerprint density at radius 2 is 1.95 bits per heavy atom. The van der Waals surface area contributed by atoms with Gasteiger partial charge in [-0.25, -0.2) is 8.42 Å². The van der Waals surface area contributed by atoms with Gasteiger partial charge in [-0.15, -0.1) is 0 Å². The topological polar surface area (TPSA) is 75.7 Å². The van der Waals surface area contributed by atoms with Crippen molar-refractivity contribution in [2.75, 3.05) is 33.0 Å². The number of nitrogens with one attached hydrogen (secondary N) is 1. The van der Waals surface area contributed by atoms with Crippen LogP contribution in [0.4, 0.5) is 0 Å². The standard InChI is InChI=1S/C12H26N2O4S/c1-6-18-11(10(2)3)7-8-13-12(15)9-14(4)19(5,16)17/h10-11H,6-9H2,1-5H3,(H,13,15). The van der Waals surface area contributed by atoms with Gasteiger partial charge in [0, 0.05) is 20.2 Å². The molecule has 0 aliphatic heterocycles. The van der Waals surface area contributed by atoms with Crippen LogP contribution in [0.1, 0.15) is 27.2 Å². The van der Waals surface area contributed by atoms with E-state index in [1.165, 1.54) is 7.05 Å². The summed E-state index contributed by atoms with van der Waals surface area (Å²) in [4.78, 5) is 11.6. The van der Waals surface area contributed by atoms with E-state index in [1.807, 2.05) is 6.92 Å². The molecule has 0 rings (SSSR count). The zero-order valence-electron chi connectivity index (χ0n) is 12.5. The van der Waals surface area contributed by atoms with Crippen LogP contribution < -0.4 is 5.32 Å². The van der Waals surface area contributed by atoms with E-state index in [-0.39, 0.29) is 18.6 Å². The van der Waals surface area contributed by atoms with Gasteiger partial charge < -0.3 is 10.1 Å². The van der Waals surface area contributed by atoms with Crippen LogP contribution >= 0.6 is 0 Å². The van der Waals surface area contributed by atoms with Gasteiger partial charge >= 0.3 is 0 Å². The van der Waals surface area contributed by atoms with Gasteiger partial charge in [0.2, 0.25) is 15.9 Å². The lowest BCUT2D eigenvalue weighted by molar-refractivity contribution is -0.121. The number of carbonyl (C=O) groups excluding carboxylic acids is 1. The Hall–Kier alpha value is -0.660. The van der Waals surface area contributed by atoms with Crippen LogP contribution in [-0.2, 0) is 19.6 Å². The molecule has 0 saturated carbocycles. The Labute approximate surface area is 116 Å². The highest BCUT2D eigenvalue weighted by molar-refractivity contribution is 7.88. The normalized spacial score (nSPS) is 13.8. The van der Waals surface area contributed by atoms with Crippen LogP contribution in [0.2, 0.25) is 0 Å². The average molecular weight is 294 g/mol. The Bertz CT molecular complexity index is 368. The first-order chi connectivity index (χ1) is 8.68. The largest absolute Gasteiger partial charge is 0.378 e. The molecule has 1 unspecified atom stereocenters. The minimum Gasteiger partial charge on any atom is -0.378 e. The molecule has 6 nitrogen and oxygen atoms in total. The van der Waals surface area contributed by atoms with Crippen LogP contribution in [0.15, 0.2) is 0 Å². The van der Waals surface area contributed by atoms with Gasteiger partial charge in [-0.05, 0) is 19.3 Å². The first-order valence-electron chi connectivity index (χ1n) is 6.48. The van der Waals surface area contributed by atoms with Gasteiger partial charge in [-0.3, -0.25) is 4.79 Å². The van der Waals surface area contributed by atoms with Crippen molar-refractivity contribution in [3.63, 3.8) is 0 Å². The number of carbonyl (C=O) groups is 1. The molecule has 0 saturated heterocycles. The van der Waals surface area contributed by atoms with Gasteiger partial charge in [0.25, 0.3) is 0 Å². The summed E-state index contributed by atoms with van der Waals surface area (Å²) < 4.78 is 28.9. The number of nitrogens with zero attached hydrogens (tertiary/aromatic N) is 1. The Morgan fingerprint density at radius 3 is 2.37 bits per heavy atom. The number of hydrogen-bond donors (Lipinski definition) is 1. The SMILES string of the molecule is CCOC(CCNC(=O)CN(C)S(C)(=O)=O)C(C)C. The molecule has 0 aliphatic carbocycles. The van der Waals surface area contributed by atoms with Crippen LogP contribution in [0, 0.1) is 5.92 Å². The van der Waals surface area contributed by atoms with Gasteiger partial charge in [0.15, 0.2) is 0 Å². The Morgan fingerprint density at radius 1 is 1.37 bits per heavy atom. The Kier molecular flexibility index (Phi) is 8.20. The minimum atomic E-state index is -3.31. The molecule has 0 heterocycles. The van der Waals surface area contributed by atoms with E-state index >= 15 is 0 Å². The smallest absolute Gasteiger partial charge is 0.235 e. The number of amides is 1. The van der Waals surface area contributed by atoms with Crippen molar-refractivity contribution >= 4 is 15.9 Å². The molecular weight excluding hydrogens is 268 g/mol. The molecule has 19 heavy (non-hydrogen) atoms. The quantitative estimate of drug-likeness (QED) is 0.670. The highest BCUT2D eigenvalue weighted by Crippen LogP contribution is 2.09. The number of sulfonamides is 1. The summed E-state index contributed by atoms with van der Waals surface area (Å²) in [5.41, 5.74) is 0. The molecule has 0 radical (unpaired) electrons. The summed E-state index contributed by atoms with van der Waals surface area (Å²) in [7, 11) is -1.93. The van der Waals surface area contributed by atoms with E-state index < -0.39 is 10.0 Å². The van der Waals surface area contributed by atoms with Crippen LogP contribution in [-0.4, -0.2) is 57.7 Å². The van der Waals surface area contributed by atoms with Crippen molar-refractivity contribution < 1.29 is 17.9 Å². The predicted molar refractivity (Wildman–Crippen MR) is 75.4 cm³/mol. The molecule has 7 heteroatoms. The molecule has 0 aromatic carbocycles. The zero-order valence-corrected chi connectivity index (χ0v) is 13.3. The van der Waals surface area contributed by atoms with Crippen molar-refractivity contribution in [3.8, 4) is 0 Å². The highest BCUT2D eigenvalue weighted by atomic mass is 32.2. The van der Waals surface area contributed by atoms with Crippen molar-refractivity contribution in [2.45, 2.75) is 33.3 Å². The molecular formula is C12H26N2O4S. The van der Waals surface area contributed by atoms with Crippen LogP contribution in [0.3, 0.4) is 0 Å². The maximum Gasteiger partial charge on any atom is 0.235 e. The lowest BCUT2D eigenvalue weighted by atomic mass is 10.0. The van der Waals surface area contributed by atoms with Crippen LogP contribution in [0.25, 0.3) is 0 Å². The second kappa shape index (κ2) is 8.50. The second-order valence-corrected chi connectivity index (χ2v) is 6.98. The zero-order chi connectivity index (χ0) is 15.1. The third-order valence-corrected chi connectivity index (χ3v) is 4.07. The number of likely N-dealkylation sites (N-methyl/N-ethyl adjacent to an activating group) is 1. The second-order valence-electron chi connectivity index (χ2n) is 4.90. The molecule has 0 fully saturated rings. The van der Waals surface area contributed by atoms with Gasteiger partial charge in [0.1, 0.15) is 0 Å². The summed E-state index contributed by atoms with van der Waals surface area (Å²) in [5, 5.41) is 2.70. The predicted octanol–water partition coefficient (Wildman–Crippen LogP) is 0.445. The summed E-state index contributed by atoms with van der Waals surface area (Å²) in [6.07, 6.45) is 1.90. The van der Waals surface area contributed by atoms with E-state index in [0.717, 1.165) is 17.0 Å². The third kappa shape index (κ3) is 8.18.